The van der Waals surface area contributed by atoms with Crippen molar-refractivity contribution in [1.29, 1.82) is 0 Å². The monoisotopic (exact) mass is 262 g/mol. The van der Waals surface area contributed by atoms with Crippen molar-refractivity contribution in [3.05, 3.63) is 24.0 Å². The highest BCUT2D eigenvalue weighted by Crippen LogP contribution is 2.37. The molecule has 0 saturated carbocycles. The van der Waals surface area contributed by atoms with Crippen molar-refractivity contribution in [1.82, 2.24) is 9.47 Å². The van der Waals surface area contributed by atoms with Gasteiger partial charge in [-0.05, 0) is 37.3 Å². The zero-order valence-corrected chi connectivity index (χ0v) is 11.8. The Labute approximate surface area is 114 Å². The van der Waals surface area contributed by atoms with E-state index in [9.17, 15) is 4.79 Å². The summed E-state index contributed by atoms with van der Waals surface area (Å²) in [5, 5.41) is 0. The van der Waals surface area contributed by atoms with E-state index in [-0.39, 0.29) is 11.5 Å². The summed E-state index contributed by atoms with van der Waals surface area (Å²) in [6, 6.07) is 3.81. The summed E-state index contributed by atoms with van der Waals surface area (Å²) >= 11 is 0. The van der Waals surface area contributed by atoms with Crippen LogP contribution in [-0.4, -0.2) is 40.7 Å². The smallest absolute Gasteiger partial charge is 0.270 e. The van der Waals surface area contributed by atoms with Crippen molar-refractivity contribution in [2.45, 2.75) is 31.8 Å². The largest absolute Gasteiger partial charge is 0.373 e. The first-order valence-electron chi connectivity index (χ1n) is 7.14. The molecule has 2 aliphatic heterocycles. The van der Waals surface area contributed by atoms with Gasteiger partial charge in [-0.15, -0.1) is 0 Å². The first kappa shape index (κ1) is 12.7. The lowest BCUT2D eigenvalue weighted by Crippen LogP contribution is -2.50. The Balaban J connectivity index is 1.75. The van der Waals surface area contributed by atoms with E-state index in [0.717, 1.165) is 44.7 Å². The lowest BCUT2D eigenvalue weighted by Gasteiger charge is -2.39. The van der Waals surface area contributed by atoms with E-state index in [0.29, 0.717) is 5.92 Å². The van der Waals surface area contributed by atoms with Gasteiger partial charge in [-0.25, -0.2) is 0 Å². The number of aryl methyl sites for hydroxylation is 1. The average Bonchev–Trinajstić information content (AvgIpc) is 2.96. The standard InChI is InChI=1S/C15H22N2O2/c1-12-9-15(19-10-12)6-4-8-17(11-15)14(18)13-5-3-7-16(13)2/h3,5,7,12H,4,6,8-11H2,1-2H3/t12-,15-/m0/s1. The van der Waals surface area contributed by atoms with E-state index < -0.39 is 0 Å². The molecular weight excluding hydrogens is 240 g/mol. The molecule has 1 aromatic rings. The molecule has 104 valence electrons. The molecule has 0 N–H and O–H groups in total. The number of carbonyl (C=O) groups is 1. The van der Waals surface area contributed by atoms with Gasteiger partial charge in [0.1, 0.15) is 5.69 Å². The number of hydrogen-bond donors (Lipinski definition) is 0. The quantitative estimate of drug-likeness (QED) is 0.776. The van der Waals surface area contributed by atoms with Crippen LogP contribution in [0.2, 0.25) is 0 Å². The Morgan fingerprint density at radius 3 is 3.00 bits per heavy atom. The molecule has 3 rings (SSSR count). The number of carbonyl (C=O) groups excluding carboxylic acids is 1. The second-order valence-electron chi connectivity index (χ2n) is 6.14. The molecule has 0 aliphatic carbocycles. The maximum Gasteiger partial charge on any atom is 0.270 e. The molecule has 2 aliphatic rings. The van der Waals surface area contributed by atoms with Crippen LogP contribution in [0.4, 0.5) is 0 Å². The minimum atomic E-state index is -0.0709. The predicted molar refractivity (Wildman–Crippen MR) is 73.0 cm³/mol. The molecular formula is C15H22N2O2. The zero-order valence-electron chi connectivity index (χ0n) is 11.8. The van der Waals surface area contributed by atoms with Crippen LogP contribution in [0.15, 0.2) is 18.3 Å². The van der Waals surface area contributed by atoms with E-state index in [1.54, 1.807) is 0 Å². The molecule has 1 aromatic heterocycles. The number of rotatable bonds is 1. The number of hydrogen-bond acceptors (Lipinski definition) is 2. The average molecular weight is 262 g/mol. The Hall–Kier alpha value is -1.29. The van der Waals surface area contributed by atoms with Crippen molar-refractivity contribution in [3.8, 4) is 0 Å². The van der Waals surface area contributed by atoms with E-state index in [1.165, 1.54) is 0 Å². The molecule has 4 nitrogen and oxygen atoms in total. The van der Waals surface area contributed by atoms with Gasteiger partial charge in [0.25, 0.3) is 5.91 Å². The van der Waals surface area contributed by atoms with Crippen molar-refractivity contribution in [2.24, 2.45) is 13.0 Å². The van der Waals surface area contributed by atoms with Gasteiger partial charge in [-0.2, -0.15) is 0 Å². The lowest BCUT2D eigenvalue weighted by atomic mass is 9.87. The first-order valence-corrected chi connectivity index (χ1v) is 7.14. The summed E-state index contributed by atoms with van der Waals surface area (Å²) in [6.45, 7) is 4.67. The molecule has 4 heteroatoms. The highest BCUT2D eigenvalue weighted by molar-refractivity contribution is 5.92. The van der Waals surface area contributed by atoms with Crippen molar-refractivity contribution >= 4 is 5.91 Å². The summed E-state index contributed by atoms with van der Waals surface area (Å²) in [5.74, 6) is 0.750. The van der Waals surface area contributed by atoms with E-state index in [2.05, 4.69) is 6.92 Å². The third kappa shape index (κ3) is 2.29. The van der Waals surface area contributed by atoms with Gasteiger partial charge in [0.05, 0.1) is 18.8 Å². The fraction of sp³-hybridized carbons (Fsp3) is 0.667. The molecule has 2 saturated heterocycles. The van der Waals surface area contributed by atoms with Gasteiger partial charge in [-0.3, -0.25) is 4.79 Å². The number of amides is 1. The first-order chi connectivity index (χ1) is 9.10. The fourth-order valence-electron chi connectivity index (χ4n) is 3.47. The minimum absolute atomic E-state index is 0.0709. The highest BCUT2D eigenvalue weighted by Gasteiger charge is 2.43. The van der Waals surface area contributed by atoms with Gasteiger partial charge in [0, 0.05) is 19.8 Å². The summed E-state index contributed by atoms with van der Waals surface area (Å²) in [4.78, 5) is 14.5. The van der Waals surface area contributed by atoms with Gasteiger partial charge in [0.2, 0.25) is 0 Å². The Morgan fingerprint density at radius 2 is 2.37 bits per heavy atom. The molecule has 0 radical (unpaired) electrons. The highest BCUT2D eigenvalue weighted by atomic mass is 16.5. The van der Waals surface area contributed by atoms with Crippen molar-refractivity contribution in [3.63, 3.8) is 0 Å². The summed E-state index contributed by atoms with van der Waals surface area (Å²) in [7, 11) is 1.92. The van der Waals surface area contributed by atoms with Crippen LogP contribution >= 0.6 is 0 Å². The van der Waals surface area contributed by atoms with Crippen LogP contribution in [0.5, 0.6) is 0 Å². The molecule has 1 spiro atoms. The molecule has 0 bridgehead atoms. The van der Waals surface area contributed by atoms with Crippen molar-refractivity contribution in [2.75, 3.05) is 19.7 Å². The van der Waals surface area contributed by atoms with Gasteiger partial charge in [-0.1, -0.05) is 6.92 Å². The molecule has 2 atom stereocenters. The Morgan fingerprint density at radius 1 is 1.53 bits per heavy atom. The molecule has 2 fully saturated rings. The Kier molecular flexibility index (Phi) is 3.13. The van der Waals surface area contributed by atoms with E-state index >= 15 is 0 Å². The third-order valence-electron chi connectivity index (χ3n) is 4.38. The molecule has 1 amide bonds. The molecule has 19 heavy (non-hydrogen) atoms. The van der Waals surface area contributed by atoms with Crippen LogP contribution < -0.4 is 0 Å². The van der Waals surface area contributed by atoms with Gasteiger partial charge < -0.3 is 14.2 Å². The molecule has 0 aromatic carbocycles. The number of likely N-dealkylation sites (tertiary alicyclic amines) is 1. The second kappa shape index (κ2) is 4.67. The maximum atomic E-state index is 12.6. The van der Waals surface area contributed by atoms with Crippen LogP contribution in [0, 0.1) is 5.92 Å². The van der Waals surface area contributed by atoms with Crippen LogP contribution in [0.1, 0.15) is 36.7 Å². The van der Waals surface area contributed by atoms with E-state index in [4.69, 9.17) is 4.74 Å². The number of ether oxygens (including phenoxy) is 1. The van der Waals surface area contributed by atoms with E-state index in [1.807, 2.05) is 34.8 Å². The summed E-state index contributed by atoms with van der Waals surface area (Å²) < 4.78 is 7.91. The van der Waals surface area contributed by atoms with Gasteiger partial charge >= 0.3 is 0 Å². The number of nitrogens with zero attached hydrogens (tertiary/aromatic N) is 2. The van der Waals surface area contributed by atoms with Crippen LogP contribution in [0.3, 0.4) is 0 Å². The van der Waals surface area contributed by atoms with Gasteiger partial charge in [0.15, 0.2) is 0 Å². The van der Waals surface area contributed by atoms with Crippen LogP contribution in [0.25, 0.3) is 0 Å². The normalized spacial score (nSPS) is 31.1. The molecule has 3 heterocycles. The summed E-state index contributed by atoms with van der Waals surface area (Å²) in [5.41, 5.74) is 0.696. The lowest BCUT2D eigenvalue weighted by molar-refractivity contribution is -0.0451. The predicted octanol–water partition coefficient (Wildman–Crippen LogP) is 2.06. The molecule has 0 unspecified atom stereocenters. The number of piperidine rings is 1. The summed E-state index contributed by atoms with van der Waals surface area (Å²) in [6.07, 6.45) is 5.14. The van der Waals surface area contributed by atoms with Crippen LogP contribution in [-0.2, 0) is 11.8 Å². The van der Waals surface area contributed by atoms with Crippen molar-refractivity contribution < 1.29 is 9.53 Å². The third-order valence-corrected chi connectivity index (χ3v) is 4.38. The maximum absolute atomic E-state index is 12.6. The fourth-order valence-corrected chi connectivity index (χ4v) is 3.47. The zero-order chi connectivity index (χ0) is 13.5. The SMILES string of the molecule is C[C@@H]1CO[C@@]2(CCCN(C(=O)c3cccn3C)C2)C1. The minimum Gasteiger partial charge on any atom is -0.373 e. The second-order valence-corrected chi connectivity index (χ2v) is 6.14. The Bertz CT molecular complexity index is 478. The topological polar surface area (TPSA) is 34.5 Å². The number of aromatic nitrogens is 1.